The van der Waals surface area contributed by atoms with Gasteiger partial charge in [-0.3, -0.25) is 9.36 Å². The van der Waals surface area contributed by atoms with Crippen LogP contribution in [0.2, 0.25) is 0 Å². The van der Waals surface area contributed by atoms with Crippen molar-refractivity contribution in [1.82, 2.24) is 24.9 Å². The molecule has 0 fully saturated rings. The van der Waals surface area contributed by atoms with Crippen LogP contribution in [-0.2, 0) is 31.2 Å². The van der Waals surface area contributed by atoms with Crippen molar-refractivity contribution < 1.29 is 4.74 Å². The number of nitrogens with one attached hydrogen (secondary N) is 2. The summed E-state index contributed by atoms with van der Waals surface area (Å²) in [4.78, 5) is 4.80. The molecule has 0 spiro atoms. The van der Waals surface area contributed by atoms with Crippen LogP contribution < -0.4 is 10.6 Å². The lowest BCUT2D eigenvalue weighted by Gasteiger charge is -2.18. The summed E-state index contributed by atoms with van der Waals surface area (Å²) in [5.41, 5.74) is 11.0. The van der Waals surface area contributed by atoms with Gasteiger partial charge in [-0.1, -0.05) is 55.0 Å². The van der Waals surface area contributed by atoms with Gasteiger partial charge in [0.1, 0.15) is 5.82 Å². The summed E-state index contributed by atoms with van der Waals surface area (Å²) in [6.07, 6.45) is 18.2. The molecule has 3 heterocycles. The minimum absolute atomic E-state index is 0.667. The lowest BCUT2D eigenvalue weighted by atomic mass is 9.86. The number of benzene rings is 1. The highest BCUT2D eigenvalue weighted by atomic mass is 16.5. The number of aromatic nitrogens is 4. The minimum Gasteiger partial charge on any atom is -0.388 e. The third-order valence-corrected chi connectivity index (χ3v) is 7.88. The van der Waals surface area contributed by atoms with Crippen LogP contribution >= 0.6 is 0 Å². The van der Waals surface area contributed by atoms with Crippen LogP contribution in [0, 0.1) is 0 Å². The Hall–Kier alpha value is -4.43. The number of methoxy groups -OCH3 is 1. The summed E-state index contributed by atoms with van der Waals surface area (Å²) in [5, 5.41) is 16.2. The van der Waals surface area contributed by atoms with Crippen molar-refractivity contribution in [3.63, 3.8) is 0 Å². The van der Waals surface area contributed by atoms with Crippen LogP contribution in [0.15, 0.2) is 89.0 Å². The number of anilines is 1. The summed E-state index contributed by atoms with van der Waals surface area (Å²) in [6, 6.07) is 10.8. The van der Waals surface area contributed by atoms with Gasteiger partial charge in [0.2, 0.25) is 0 Å². The van der Waals surface area contributed by atoms with Gasteiger partial charge in [0, 0.05) is 63.9 Å². The molecule has 0 atom stereocenters. The van der Waals surface area contributed by atoms with Crippen molar-refractivity contribution in [1.29, 1.82) is 0 Å². The van der Waals surface area contributed by atoms with Gasteiger partial charge in [0.15, 0.2) is 5.82 Å². The van der Waals surface area contributed by atoms with Crippen LogP contribution in [0.5, 0.6) is 0 Å². The molecule has 0 unspecified atom stereocenters. The van der Waals surface area contributed by atoms with E-state index in [2.05, 4.69) is 96.9 Å². The number of hydrogen-bond donors (Lipinski definition) is 2. The molecule has 0 radical (unpaired) electrons. The predicted octanol–water partition coefficient (Wildman–Crippen LogP) is 6.45. The van der Waals surface area contributed by atoms with E-state index in [1.165, 1.54) is 44.7 Å². The van der Waals surface area contributed by atoms with Crippen molar-refractivity contribution in [3.05, 3.63) is 112 Å². The van der Waals surface area contributed by atoms with Gasteiger partial charge in [0.05, 0.1) is 18.0 Å². The van der Waals surface area contributed by atoms with Crippen molar-refractivity contribution >= 4 is 23.2 Å². The first-order valence-corrected chi connectivity index (χ1v) is 15.2. The highest BCUT2D eigenvalue weighted by Gasteiger charge is 2.25. The monoisotopic (exact) mass is 577 g/mol. The van der Waals surface area contributed by atoms with Gasteiger partial charge in [0.25, 0.3) is 0 Å². The van der Waals surface area contributed by atoms with Gasteiger partial charge in [-0.15, -0.1) is 0 Å². The molecule has 0 amide bonds. The molecular formula is C35H43N7O. The summed E-state index contributed by atoms with van der Waals surface area (Å²) in [6.45, 7) is 8.71. The quantitative estimate of drug-likeness (QED) is 0.191. The van der Waals surface area contributed by atoms with Gasteiger partial charge >= 0.3 is 0 Å². The number of allylic oxidation sites excluding steroid dienone is 8. The Bertz CT molecular complexity index is 1630. The number of nitrogens with zero attached hydrogens (tertiary/aromatic N) is 5. The van der Waals surface area contributed by atoms with Gasteiger partial charge < -0.3 is 15.4 Å². The van der Waals surface area contributed by atoms with Crippen molar-refractivity contribution in [2.45, 2.75) is 53.0 Å². The van der Waals surface area contributed by atoms with E-state index in [4.69, 9.17) is 14.8 Å². The molecule has 3 aromatic rings. The Morgan fingerprint density at radius 1 is 1.14 bits per heavy atom. The van der Waals surface area contributed by atoms with Crippen LogP contribution in [-0.4, -0.2) is 46.0 Å². The van der Waals surface area contributed by atoms with E-state index >= 15 is 0 Å². The Balaban J connectivity index is 1.41. The van der Waals surface area contributed by atoms with E-state index in [9.17, 15) is 0 Å². The third kappa shape index (κ3) is 7.32. The zero-order chi connectivity index (χ0) is 30.2. The number of rotatable bonds is 12. The largest absolute Gasteiger partial charge is 0.388 e. The second kappa shape index (κ2) is 14.2. The maximum absolute atomic E-state index is 5.21. The van der Waals surface area contributed by atoms with Gasteiger partial charge in [-0.2, -0.15) is 10.2 Å². The Morgan fingerprint density at radius 3 is 2.81 bits per heavy atom. The van der Waals surface area contributed by atoms with Crippen molar-refractivity contribution in [3.8, 4) is 0 Å². The number of ether oxygens (including phenoxy) is 1. The van der Waals surface area contributed by atoms with Crippen LogP contribution in [0.4, 0.5) is 5.82 Å². The number of fused-ring (bicyclic) bond motifs is 2. The predicted molar refractivity (Wildman–Crippen MR) is 177 cm³/mol. The first-order chi connectivity index (χ1) is 21.0. The molecule has 1 aliphatic carbocycles. The molecule has 2 N–H and O–H groups in total. The van der Waals surface area contributed by atoms with E-state index in [0.29, 0.717) is 6.61 Å². The lowest BCUT2D eigenvalue weighted by Crippen LogP contribution is -2.13. The molecule has 2 aromatic heterocycles. The van der Waals surface area contributed by atoms with E-state index in [1.54, 1.807) is 7.11 Å². The first-order valence-electron chi connectivity index (χ1n) is 15.2. The summed E-state index contributed by atoms with van der Waals surface area (Å²) in [5.74, 6) is 1.56. The standard InChI is InChI=1S/C35H43N7O/c1-6-25(3)20-29(23-36-17-19-43-5)27-11-8-10-26(21-27)22-32-35-30-12-9-13-33(38-34-16-18-42(7-2)40-34)37-24-28(30)14-15-31(35)39-41(32)4/h8-13,16,18,20-21,23-24,36H,6-7,14-15,17,19,22H2,1-5H3,(H,37,38,40)/b25-20+,29-23+. The van der Waals surface area contributed by atoms with E-state index < -0.39 is 0 Å². The van der Waals surface area contributed by atoms with Crippen LogP contribution in [0.1, 0.15) is 61.7 Å². The SMILES string of the molecule is CC/C(C)=C/C(=C\NCCOC)c1cccc(Cc2c3c(nn2C)CCC2=C3/C=C/C=C(\Nc3ccn(CC)n3)N=C2)c1. The molecule has 1 aromatic carbocycles. The fraction of sp³-hybridized carbons (Fsp3) is 0.343. The Morgan fingerprint density at radius 2 is 2.02 bits per heavy atom. The number of aliphatic imine (C=N–C) groups is 1. The molecule has 1 aliphatic heterocycles. The lowest BCUT2D eigenvalue weighted by molar-refractivity contribution is 0.203. The topological polar surface area (TPSA) is 81.3 Å². The molecule has 0 saturated carbocycles. The number of hydrogen-bond acceptors (Lipinski definition) is 6. The molecule has 43 heavy (non-hydrogen) atoms. The Kier molecular flexibility index (Phi) is 9.89. The molecule has 0 bridgehead atoms. The van der Waals surface area contributed by atoms with Gasteiger partial charge in [-0.25, -0.2) is 4.99 Å². The van der Waals surface area contributed by atoms with Gasteiger partial charge in [-0.05, 0) is 67.0 Å². The first kappa shape index (κ1) is 30.0. The molecule has 2 aliphatic rings. The van der Waals surface area contributed by atoms with E-state index in [-0.39, 0.29) is 0 Å². The number of aryl methyl sites for hydroxylation is 3. The van der Waals surface area contributed by atoms with Crippen LogP contribution in [0.3, 0.4) is 0 Å². The molecule has 0 saturated heterocycles. The van der Waals surface area contributed by atoms with Crippen LogP contribution in [0.25, 0.3) is 11.1 Å². The second-order valence-corrected chi connectivity index (χ2v) is 10.9. The Labute approximate surface area is 255 Å². The molecular weight excluding hydrogens is 534 g/mol. The maximum atomic E-state index is 5.21. The molecule has 224 valence electrons. The normalized spacial score (nSPS) is 17.1. The van der Waals surface area contributed by atoms with Crippen molar-refractivity contribution in [2.75, 3.05) is 25.6 Å². The van der Waals surface area contributed by atoms with E-state index in [1.807, 2.05) is 29.2 Å². The highest BCUT2D eigenvalue weighted by Crippen LogP contribution is 2.36. The smallest absolute Gasteiger partial charge is 0.153 e. The summed E-state index contributed by atoms with van der Waals surface area (Å²) >= 11 is 0. The minimum atomic E-state index is 0.667. The van der Waals surface area contributed by atoms with Crippen molar-refractivity contribution in [2.24, 2.45) is 12.0 Å². The fourth-order valence-electron chi connectivity index (χ4n) is 5.39. The zero-order valence-electron chi connectivity index (χ0n) is 26.0. The molecule has 5 rings (SSSR count). The summed E-state index contributed by atoms with van der Waals surface area (Å²) in [7, 11) is 3.79. The molecule has 8 heteroatoms. The average molecular weight is 578 g/mol. The second-order valence-electron chi connectivity index (χ2n) is 10.9. The third-order valence-electron chi connectivity index (χ3n) is 7.88. The zero-order valence-corrected chi connectivity index (χ0v) is 26.0. The average Bonchev–Trinajstić information content (AvgIpc) is 3.59. The maximum Gasteiger partial charge on any atom is 0.153 e. The highest BCUT2D eigenvalue weighted by molar-refractivity contribution is 5.97. The van der Waals surface area contributed by atoms with E-state index in [0.717, 1.165) is 56.1 Å². The summed E-state index contributed by atoms with van der Waals surface area (Å²) < 4.78 is 9.17. The fourth-order valence-corrected chi connectivity index (χ4v) is 5.39. The molecule has 8 nitrogen and oxygen atoms in total.